The molecule has 20 heavy (non-hydrogen) atoms. The van der Waals surface area contributed by atoms with E-state index in [9.17, 15) is 10.1 Å². The van der Waals surface area contributed by atoms with Crippen LogP contribution in [0.25, 0.3) is 0 Å². The van der Waals surface area contributed by atoms with Gasteiger partial charge in [-0.2, -0.15) is 5.26 Å². The average Bonchev–Trinajstić information content (AvgIpc) is 2.72. The topological polar surface area (TPSA) is 40.9 Å². The van der Waals surface area contributed by atoms with Crippen molar-refractivity contribution in [1.29, 1.82) is 5.26 Å². The van der Waals surface area contributed by atoms with Gasteiger partial charge in [0.05, 0.1) is 6.07 Å². The highest BCUT2D eigenvalue weighted by Crippen LogP contribution is 2.30. The largest absolute Gasteiger partial charge is 0.298 e. The van der Waals surface area contributed by atoms with E-state index in [1.807, 2.05) is 32.0 Å². The van der Waals surface area contributed by atoms with Crippen LogP contribution in [0.3, 0.4) is 0 Å². The molecule has 0 spiro atoms. The molecule has 0 radical (unpaired) electrons. The van der Waals surface area contributed by atoms with Gasteiger partial charge in [0.25, 0.3) is 0 Å². The lowest BCUT2D eigenvalue weighted by Gasteiger charge is -2.17. The Morgan fingerprint density at radius 2 is 1.80 bits per heavy atom. The number of benzene rings is 1. The Morgan fingerprint density at radius 1 is 1.15 bits per heavy atom. The number of aryl methyl sites for hydroxylation is 2. The van der Waals surface area contributed by atoms with Crippen LogP contribution in [-0.2, 0) is 4.79 Å². The number of nitrogens with zero attached hydrogens (tertiary/aromatic N) is 1. The SMILES string of the molecule is Cc1ccc(C(C#N)C(=O)C2CCCCCC2)cc1C. The van der Waals surface area contributed by atoms with Crippen LogP contribution in [0.4, 0.5) is 0 Å². The molecule has 2 heteroatoms. The second kappa shape index (κ2) is 6.70. The lowest BCUT2D eigenvalue weighted by molar-refractivity contribution is -0.123. The smallest absolute Gasteiger partial charge is 0.157 e. The first-order valence-corrected chi connectivity index (χ1v) is 7.64. The zero-order valence-electron chi connectivity index (χ0n) is 12.5. The number of rotatable bonds is 3. The standard InChI is InChI=1S/C18H23NO/c1-13-9-10-16(11-14(13)2)17(12-19)18(20)15-7-5-3-4-6-8-15/h9-11,15,17H,3-8H2,1-2H3. The molecule has 1 fully saturated rings. The monoisotopic (exact) mass is 269 g/mol. The van der Waals surface area contributed by atoms with E-state index in [0.29, 0.717) is 0 Å². The van der Waals surface area contributed by atoms with Gasteiger partial charge in [-0.25, -0.2) is 0 Å². The van der Waals surface area contributed by atoms with E-state index in [1.165, 1.54) is 18.4 Å². The van der Waals surface area contributed by atoms with Crippen LogP contribution in [0, 0.1) is 31.1 Å². The molecule has 0 amide bonds. The zero-order valence-corrected chi connectivity index (χ0v) is 12.5. The molecule has 1 aliphatic rings. The lowest BCUT2D eigenvalue weighted by atomic mass is 9.84. The molecule has 2 nitrogen and oxygen atoms in total. The summed E-state index contributed by atoms with van der Waals surface area (Å²) in [4.78, 5) is 12.7. The summed E-state index contributed by atoms with van der Waals surface area (Å²) in [7, 11) is 0. The quantitative estimate of drug-likeness (QED) is 0.761. The fourth-order valence-corrected chi connectivity index (χ4v) is 3.05. The number of ketones is 1. The number of Topliss-reactive ketones (excluding diaryl/α,β-unsaturated/α-hetero) is 1. The molecule has 106 valence electrons. The maximum atomic E-state index is 12.7. The van der Waals surface area contributed by atoms with E-state index in [2.05, 4.69) is 6.07 Å². The molecule has 1 saturated carbocycles. The summed E-state index contributed by atoms with van der Waals surface area (Å²) in [6.07, 6.45) is 6.63. The van der Waals surface area contributed by atoms with E-state index in [4.69, 9.17) is 0 Å². The maximum absolute atomic E-state index is 12.7. The van der Waals surface area contributed by atoms with Gasteiger partial charge in [0, 0.05) is 5.92 Å². The normalized spacial score (nSPS) is 18.1. The maximum Gasteiger partial charge on any atom is 0.157 e. The van der Waals surface area contributed by atoms with Gasteiger partial charge in [0.1, 0.15) is 5.92 Å². The van der Waals surface area contributed by atoms with Crippen molar-refractivity contribution >= 4 is 5.78 Å². The highest BCUT2D eigenvalue weighted by molar-refractivity contribution is 5.90. The molecule has 1 aromatic rings. The summed E-state index contributed by atoms with van der Waals surface area (Å²) < 4.78 is 0. The van der Waals surface area contributed by atoms with Crippen LogP contribution in [0.2, 0.25) is 0 Å². The predicted molar refractivity (Wildman–Crippen MR) is 80.5 cm³/mol. The Bertz CT molecular complexity index is 519. The summed E-state index contributed by atoms with van der Waals surface area (Å²) in [6, 6.07) is 8.18. The van der Waals surface area contributed by atoms with Crippen LogP contribution >= 0.6 is 0 Å². The number of hydrogen-bond donors (Lipinski definition) is 0. The molecule has 0 bridgehead atoms. The summed E-state index contributed by atoms with van der Waals surface area (Å²) in [5, 5.41) is 9.44. The molecule has 0 heterocycles. The molecular formula is C18H23NO. The Morgan fingerprint density at radius 3 is 2.35 bits per heavy atom. The third kappa shape index (κ3) is 3.28. The fraction of sp³-hybridized carbons (Fsp3) is 0.556. The van der Waals surface area contributed by atoms with E-state index in [0.717, 1.165) is 36.8 Å². The first kappa shape index (κ1) is 14.8. The van der Waals surface area contributed by atoms with Gasteiger partial charge < -0.3 is 0 Å². The molecule has 1 atom stereocenters. The Balaban J connectivity index is 2.20. The molecule has 0 aliphatic heterocycles. The van der Waals surface area contributed by atoms with E-state index < -0.39 is 5.92 Å². The molecule has 1 aliphatic carbocycles. The second-order valence-corrected chi connectivity index (χ2v) is 6.00. The number of carbonyl (C=O) groups is 1. The summed E-state index contributed by atoms with van der Waals surface area (Å²) in [6.45, 7) is 4.08. The van der Waals surface area contributed by atoms with E-state index >= 15 is 0 Å². The van der Waals surface area contributed by atoms with E-state index in [1.54, 1.807) is 0 Å². The van der Waals surface area contributed by atoms with Gasteiger partial charge in [0.2, 0.25) is 0 Å². The van der Waals surface area contributed by atoms with Crippen molar-refractivity contribution in [3.63, 3.8) is 0 Å². The molecule has 1 aromatic carbocycles. The summed E-state index contributed by atoms with van der Waals surface area (Å²) in [5.74, 6) is -0.362. The summed E-state index contributed by atoms with van der Waals surface area (Å²) >= 11 is 0. The van der Waals surface area contributed by atoms with Crippen LogP contribution in [-0.4, -0.2) is 5.78 Å². The highest BCUT2D eigenvalue weighted by atomic mass is 16.1. The number of hydrogen-bond acceptors (Lipinski definition) is 2. The van der Waals surface area contributed by atoms with Gasteiger partial charge in [0.15, 0.2) is 5.78 Å². The van der Waals surface area contributed by atoms with Crippen molar-refractivity contribution in [2.75, 3.05) is 0 Å². The Kier molecular flexibility index (Phi) is 4.95. The molecule has 0 saturated heterocycles. The molecule has 0 aromatic heterocycles. The highest BCUT2D eigenvalue weighted by Gasteiger charge is 2.28. The van der Waals surface area contributed by atoms with Crippen LogP contribution in [0.15, 0.2) is 18.2 Å². The third-order valence-electron chi connectivity index (χ3n) is 4.54. The van der Waals surface area contributed by atoms with Crippen LogP contribution in [0.1, 0.15) is 61.1 Å². The number of carbonyl (C=O) groups excluding carboxylic acids is 1. The van der Waals surface area contributed by atoms with Gasteiger partial charge in [-0.05, 0) is 43.4 Å². The minimum atomic E-state index is -0.586. The summed E-state index contributed by atoms with van der Waals surface area (Å²) in [5.41, 5.74) is 3.22. The second-order valence-electron chi connectivity index (χ2n) is 6.00. The first-order valence-electron chi connectivity index (χ1n) is 7.64. The first-order chi connectivity index (χ1) is 9.63. The third-order valence-corrected chi connectivity index (χ3v) is 4.54. The lowest BCUT2D eigenvalue weighted by Crippen LogP contribution is -2.21. The van der Waals surface area contributed by atoms with Crippen molar-refractivity contribution in [3.8, 4) is 6.07 Å². The van der Waals surface area contributed by atoms with Gasteiger partial charge in [-0.1, -0.05) is 43.9 Å². The Hall–Kier alpha value is -1.62. The average molecular weight is 269 g/mol. The van der Waals surface area contributed by atoms with Crippen molar-refractivity contribution in [2.24, 2.45) is 5.92 Å². The number of nitriles is 1. The minimum Gasteiger partial charge on any atom is -0.298 e. The van der Waals surface area contributed by atoms with Crippen molar-refractivity contribution in [3.05, 3.63) is 34.9 Å². The molecule has 1 unspecified atom stereocenters. The minimum absolute atomic E-state index is 0.0868. The molecule has 2 rings (SSSR count). The van der Waals surface area contributed by atoms with E-state index in [-0.39, 0.29) is 11.7 Å². The van der Waals surface area contributed by atoms with Crippen LogP contribution in [0.5, 0.6) is 0 Å². The fourth-order valence-electron chi connectivity index (χ4n) is 3.05. The predicted octanol–water partition coefficient (Wildman–Crippen LogP) is 4.45. The van der Waals surface area contributed by atoms with Crippen molar-refractivity contribution in [1.82, 2.24) is 0 Å². The van der Waals surface area contributed by atoms with Crippen molar-refractivity contribution in [2.45, 2.75) is 58.3 Å². The Labute approximate surface area is 121 Å². The van der Waals surface area contributed by atoms with Crippen LogP contribution < -0.4 is 0 Å². The van der Waals surface area contributed by atoms with Gasteiger partial charge in [-0.3, -0.25) is 4.79 Å². The van der Waals surface area contributed by atoms with Gasteiger partial charge in [-0.15, -0.1) is 0 Å². The van der Waals surface area contributed by atoms with Gasteiger partial charge >= 0.3 is 0 Å². The molecular weight excluding hydrogens is 246 g/mol. The van der Waals surface area contributed by atoms with Crippen molar-refractivity contribution < 1.29 is 4.79 Å². The molecule has 0 N–H and O–H groups in total. The zero-order chi connectivity index (χ0) is 14.5.